The molecule has 1 saturated carbocycles. The number of aromatic amines is 1. The fraction of sp³-hybridized carbons (Fsp3) is 0.529. The van der Waals surface area contributed by atoms with E-state index in [2.05, 4.69) is 20.4 Å². The molecule has 9 heteroatoms. The van der Waals surface area contributed by atoms with Gasteiger partial charge >= 0.3 is 0 Å². The van der Waals surface area contributed by atoms with Gasteiger partial charge in [-0.25, -0.2) is 8.78 Å². The van der Waals surface area contributed by atoms with Crippen LogP contribution in [0.1, 0.15) is 29.4 Å². The number of ether oxygens (including phenoxy) is 1. The average molecular weight is 380 g/mol. The quantitative estimate of drug-likeness (QED) is 0.841. The molecule has 2 N–H and O–H groups in total. The highest BCUT2D eigenvalue weighted by Crippen LogP contribution is 2.52. The molecule has 1 aliphatic carbocycles. The lowest BCUT2D eigenvalue weighted by atomic mass is 9.74. The van der Waals surface area contributed by atoms with Crippen molar-refractivity contribution in [3.8, 4) is 16.2 Å². The van der Waals surface area contributed by atoms with E-state index in [9.17, 15) is 13.6 Å². The Morgan fingerprint density at radius 1 is 1.38 bits per heavy atom. The molecule has 5 rings (SSSR count). The van der Waals surface area contributed by atoms with Crippen molar-refractivity contribution in [2.45, 2.75) is 37.8 Å². The molecule has 4 heterocycles. The van der Waals surface area contributed by atoms with E-state index in [0.717, 1.165) is 16.1 Å². The molecule has 1 fully saturated rings. The molecule has 0 bridgehead atoms. The lowest BCUT2D eigenvalue weighted by Gasteiger charge is -2.45. The first kappa shape index (κ1) is 16.0. The third-order valence-electron chi connectivity index (χ3n) is 5.61. The molecule has 26 heavy (non-hydrogen) atoms. The van der Waals surface area contributed by atoms with Crippen LogP contribution in [-0.2, 0) is 0 Å². The number of carbonyl (C=O) groups is 1. The first-order chi connectivity index (χ1) is 12.4. The number of halogens is 2. The number of rotatable bonds is 2. The van der Waals surface area contributed by atoms with E-state index in [4.69, 9.17) is 4.74 Å². The first-order valence-corrected chi connectivity index (χ1v) is 9.50. The average Bonchev–Trinajstić information content (AvgIpc) is 3.21. The summed E-state index contributed by atoms with van der Waals surface area (Å²) in [4.78, 5) is 16.5. The largest absolute Gasteiger partial charge is 0.488 e. The maximum Gasteiger partial charge on any atom is 0.263 e. The third-order valence-corrected chi connectivity index (χ3v) is 6.82. The van der Waals surface area contributed by atoms with Crippen LogP contribution in [0.15, 0.2) is 12.4 Å². The minimum absolute atomic E-state index is 0.0734. The molecule has 2 atom stereocenters. The molecule has 0 saturated heterocycles. The molecule has 0 spiro atoms. The molecule has 2 aliphatic heterocycles. The van der Waals surface area contributed by atoms with Gasteiger partial charge in [-0.3, -0.25) is 9.89 Å². The van der Waals surface area contributed by atoms with Gasteiger partial charge in [-0.15, -0.1) is 11.3 Å². The van der Waals surface area contributed by atoms with E-state index < -0.39 is 5.92 Å². The van der Waals surface area contributed by atoms with E-state index in [0.29, 0.717) is 23.8 Å². The monoisotopic (exact) mass is 380 g/mol. The summed E-state index contributed by atoms with van der Waals surface area (Å²) in [6.45, 7) is 3.14. The summed E-state index contributed by atoms with van der Waals surface area (Å²) < 4.78 is 32.7. The second kappa shape index (κ2) is 5.42. The van der Waals surface area contributed by atoms with Gasteiger partial charge < -0.3 is 15.0 Å². The number of aromatic nitrogens is 2. The SMILES string of the molecule is C[C@H]1[C@@H](C2CC(F)(F)C2)NC(=O)c2sc(-c3cn[nH]c3)c3c2N1CCO3. The summed E-state index contributed by atoms with van der Waals surface area (Å²) in [6, 6.07) is -0.360. The number of amides is 1. The number of carbonyl (C=O) groups excluding carboxylic acids is 1. The minimum atomic E-state index is -2.60. The number of hydrogen-bond donors (Lipinski definition) is 2. The number of anilines is 1. The summed E-state index contributed by atoms with van der Waals surface area (Å²) in [5, 5.41) is 9.78. The molecule has 1 amide bonds. The predicted octanol–water partition coefficient (Wildman–Crippen LogP) is 2.88. The number of alkyl halides is 2. The van der Waals surface area contributed by atoms with Gasteiger partial charge in [0.25, 0.3) is 5.91 Å². The highest BCUT2D eigenvalue weighted by Gasteiger charge is 2.52. The molecule has 0 aromatic carbocycles. The number of hydrogen-bond acceptors (Lipinski definition) is 5. The van der Waals surface area contributed by atoms with Gasteiger partial charge in [-0.1, -0.05) is 0 Å². The van der Waals surface area contributed by atoms with Gasteiger partial charge in [0.1, 0.15) is 17.2 Å². The van der Waals surface area contributed by atoms with E-state index in [-0.39, 0.29) is 36.8 Å². The molecule has 0 radical (unpaired) electrons. The van der Waals surface area contributed by atoms with Gasteiger partial charge in [-0.2, -0.15) is 5.10 Å². The van der Waals surface area contributed by atoms with E-state index in [1.165, 1.54) is 11.3 Å². The highest BCUT2D eigenvalue weighted by atomic mass is 32.1. The Hall–Kier alpha value is -2.16. The van der Waals surface area contributed by atoms with Gasteiger partial charge in [-0.05, 0) is 12.8 Å². The van der Waals surface area contributed by atoms with Crippen LogP contribution in [0.3, 0.4) is 0 Å². The van der Waals surface area contributed by atoms with Crippen molar-refractivity contribution < 1.29 is 18.3 Å². The fourth-order valence-corrected chi connectivity index (χ4v) is 5.43. The second-order valence-corrected chi connectivity index (χ2v) is 8.25. The maximum atomic E-state index is 13.4. The van der Waals surface area contributed by atoms with Crippen molar-refractivity contribution in [2.75, 3.05) is 18.1 Å². The number of nitrogens with zero attached hydrogens (tertiary/aromatic N) is 2. The number of thiophene rings is 1. The van der Waals surface area contributed by atoms with Crippen LogP contribution >= 0.6 is 11.3 Å². The lowest BCUT2D eigenvalue weighted by molar-refractivity contribution is -0.120. The predicted molar refractivity (Wildman–Crippen MR) is 93.1 cm³/mol. The van der Waals surface area contributed by atoms with E-state index in [1.54, 1.807) is 12.4 Å². The van der Waals surface area contributed by atoms with Crippen LogP contribution in [0.25, 0.3) is 10.4 Å². The Bertz CT molecular complexity index is 858. The zero-order valence-electron chi connectivity index (χ0n) is 14.1. The molecule has 3 aliphatic rings. The van der Waals surface area contributed by atoms with Gasteiger partial charge in [0.2, 0.25) is 5.92 Å². The van der Waals surface area contributed by atoms with Crippen LogP contribution in [0, 0.1) is 5.92 Å². The van der Waals surface area contributed by atoms with Gasteiger partial charge in [0.15, 0.2) is 5.75 Å². The standard InChI is InChI=1S/C17H18F2N4O2S/c1-8-11(9-4-17(18,19)5-9)22-16(24)15-12-13(25-3-2-23(8)12)14(26-15)10-6-20-21-7-10/h6-9,11H,2-5H2,1H3,(H,20,21)(H,22,24)/t8-,11-/m0/s1. The second-order valence-electron chi connectivity index (χ2n) is 7.23. The molecule has 2 aromatic rings. The van der Waals surface area contributed by atoms with Crippen molar-refractivity contribution in [3.63, 3.8) is 0 Å². The summed E-state index contributed by atoms with van der Waals surface area (Å²) in [6.07, 6.45) is 3.15. The Balaban J connectivity index is 1.56. The highest BCUT2D eigenvalue weighted by molar-refractivity contribution is 7.18. The van der Waals surface area contributed by atoms with Crippen molar-refractivity contribution in [1.82, 2.24) is 15.5 Å². The Kier molecular flexibility index (Phi) is 3.34. The zero-order valence-corrected chi connectivity index (χ0v) is 14.9. The third kappa shape index (κ3) is 2.26. The van der Waals surface area contributed by atoms with Crippen molar-refractivity contribution >= 4 is 22.9 Å². The Morgan fingerprint density at radius 3 is 2.88 bits per heavy atom. The Labute approximate surface area is 152 Å². The topological polar surface area (TPSA) is 70.2 Å². The molecular weight excluding hydrogens is 362 g/mol. The fourth-order valence-electron chi connectivity index (χ4n) is 4.29. The molecule has 0 unspecified atom stereocenters. The summed E-state index contributed by atoms with van der Waals surface area (Å²) in [7, 11) is 0. The molecule has 6 nitrogen and oxygen atoms in total. The van der Waals surface area contributed by atoms with Crippen LogP contribution in [0.5, 0.6) is 5.75 Å². The summed E-state index contributed by atoms with van der Waals surface area (Å²) in [5.41, 5.74) is 1.66. The minimum Gasteiger partial charge on any atom is -0.488 e. The lowest BCUT2D eigenvalue weighted by Crippen LogP contribution is -2.58. The van der Waals surface area contributed by atoms with Crippen molar-refractivity contribution in [2.24, 2.45) is 5.92 Å². The molecular formula is C17H18F2N4O2S. The van der Waals surface area contributed by atoms with Crippen molar-refractivity contribution in [3.05, 3.63) is 17.3 Å². The Morgan fingerprint density at radius 2 is 2.19 bits per heavy atom. The van der Waals surface area contributed by atoms with Crippen LogP contribution in [0.4, 0.5) is 14.5 Å². The number of H-pyrrole nitrogens is 1. The van der Waals surface area contributed by atoms with Crippen LogP contribution < -0.4 is 15.0 Å². The smallest absolute Gasteiger partial charge is 0.263 e. The summed E-state index contributed by atoms with van der Waals surface area (Å²) in [5.74, 6) is -2.31. The van der Waals surface area contributed by atoms with E-state index in [1.807, 2.05) is 6.92 Å². The molecule has 138 valence electrons. The zero-order chi connectivity index (χ0) is 18.1. The van der Waals surface area contributed by atoms with Crippen molar-refractivity contribution in [1.29, 1.82) is 0 Å². The van der Waals surface area contributed by atoms with Gasteiger partial charge in [0.05, 0.1) is 23.7 Å². The maximum absolute atomic E-state index is 13.4. The van der Waals surface area contributed by atoms with Crippen LogP contribution in [0.2, 0.25) is 0 Å². The molecule has 2 aromatic heterocycles. The summed E-state index contributed by atoms with van der Waals surface area (Å²) >= 11 is 1.36. The number of nitrogens with one attached hydrogen (secondary N) is 2. The van der Waals surface area contributed by atoms with E-state index >= 15 is 0 Å². The van der Waals surface area contributed by atoms with Gasteiger partial charge in [0, 0.05) is 30.6 Å². The normalized spacial score (nSPS) is 27.2. The van der Waals surface area contributed by atoms with Crippen LogP contribution in [-0.4, -0.2) is 47.3 Å². The first-order valence-electron chi connectivity index (χ1n) is 8.69.